The molecule has 5 aromatic rings. The summed E-state index contributed by atoms with van der Waals surface area (Å²) in [4.78, 5) is 43.0. The molecule has 0 amide bonds. The van der Waals surface area contributed by atoms with Gasteiger partial charge in [0.1, 0.15) is 41.5 Å². The second-order valence-electron chi connectivity index (χ2n) is 12.3. The number of carboxylic acid groups (broad SMARTS) is 1. The molecule has 0 aliphatic carbocycles. The lowest BCUT2D eigenvalue weighted by Crippen LogP contribution is -2.30. The molecule has 0 spiro atoms. The number of hydrogen-bond donors (Lipinski definition) is 1. The van der Waals surface area contributed by atoms with E-state index in [9.17, 15) is 32.3 Å². The molecule has 0 aliphatic rings. The third kappa shape index (κ3) is 10.6. The molecule has 0 fully saturated rings. The highest BCUT2D eigenvalue weighted by atomic mass is 79.9. The molecule has 1 atom stereocenters. The van der Waals surface area contributed by atoms with Crippen molar-refractivity contribution in [2.45, 2.75) is 64.5 Å². The van der Waals surface area contributed by atoms with Crippen LogP contribution in [0.15, 0.2) is 65.5 Å². The Hall–Kier alpha value is -4.90. The number of hydrogen-bond acceptors (Lipinski definition) is 11. The molecular formula is C35H31BrF4N4O7S. The zero-order valence-electron chi connectivity index (χ0n) is 27.9. The van der Waals surface area contributed by atoms with Crippen LogP contribution in [0.3, 0.4) is 0 Å². The molecule has 3 heterocycles. The number of fused-ring (bicyclic) bond motifs is 1. The largest absolute Gasteiger partial charge is 0.487 e. The first-order valence-corrected chi connectivity index (χ1v) is 17.2. The summed E-state index contributed by atoms with van der Waals surface area (Å²) in [5, 5.41) is 10.7. The molecule has 0 aliphatic heterocycles. The highest BCUT2D eigenvalue weighted by Crippen LogP contribution is 2.44. The molecule has 3 aromatic heterocycles. The highest BCUT2D eigenvalue weighted by molar-refractivity contribution is 9.10. The van der Waals surface area contributed by atoms with Crippen molar-refractivity contribution < 1.29 is 51.2 Å². The van der Waals surface area contributed by atoms with Crippen LogP contribution in [0.25, 0.3) is 20.7 Å². The lowest BCUT2D eigenvalue weighted by atomic mass is 10.0. The molecule has 17 heteroatoms. The molecule has 0 radical (unpaired) electrons. The number of aromatic nitrogens is 4. The maximum absolute atomic E-state index is 13.6. The number of thiophene rings is 1. The predicted molar refractivity (Wildman–Crippen MR) is 185 cm³/mol. The molecule has 0 saturated heterocycles. The van der Waals surface area contributed by atoms with E-state index in [1.54, 1.807) is 51.1 Å². The summed E-state index contributed by atoms with van der Waals surface area (Å²) in [5.41, 5.74) is 1.11. The zero-order chi connectivity index (χ0) is 37.6. The van der Waals surface area contributed by atoms with E-state index in [0.717, 1.165) is 0 Å². The number of carbonyl (C=O) groups is 2. The summed E-state index contributed by atoms with van der Waals surface area (Å²) < 4.78 is 74.3. The van der Waals surface area contributed by atoms with E-state index in [2.05, 4.69) is 35.9 Å². The van der Waals surface area contributed by atoms with Gasteiger partial charge in [-0.2, -0.15) is 18.2 Å². The lowest BCUT2D eigenvalue weighted by molar-refractivity contribution is -0.154. The number of halogens is 5. The number of ether oxygens (including phenoxy) is 4. The summed E-state index contributed by atoms with van der Waals surface area (Å²) in [6.45, 7) is 4.36. The Balaban J connectivity index is 1.41. The van der Waals surface area contributed by atoms with Crippen LogP contribution in [0, 0.1) is 5.82 Å². The molecule has 11 nitrogen and oxygen atoms in total. The van der Waals surface area contributed by atoms with Crippen LogP contribution < -0.4 is 14.2 Å². The fraction of sp³-hybridized carbons (Fsp3) is 0.314. The normalized spacial score (nSPS) is 12.4. The van der Waals surface area contributed by atoms with Gasteiger partial charge in [-0.25, -0.2) is 24.1 Å². The monoisotopic (exact) mass is 806 g/mol. The predicted octanol–water partition coefficient (Wildman–Crippen LogP) is 7.92. The van der Waals surface area contributed by atoms with Gasteiger partial charge in [0.25, 0.3) is 0 Å². The quantitative estimate of drug-likeness (QED) is 0.0864. The molecule has 1 N–H and O–H groups in total. The fourth-order valence-corrected chi connectivity index (χ4v) is 6.78. The van der Waals surface area contributed by atoms with Crippen LogP contribution in [-0.4, -0.2) is 61.5 Å². The molecule has 0 saturated carbocycles. The zero-order valence-corrected chi connectivity index (χ0v) is 30.3. The number of alkyl halides is 3. The number of nitrogens with zero attached hydrogens (tertiary/aromatic N) is 4. The highest BCUT2D eigenvalue weighted by Gasteiger charge is 2.28. The Bertz CT molecular complexity index is 2060. The van der Waals surface area contributed by atoms with Crippen molar-refractivity contribution in [2.75, 3.05) is 6.61 Å². The fourth-order valence-electron chi connectivity index (χ4n) is 4.79. The topological polar surface area (TPSA) is 143 Å². The minimum atomic E-state index is -4.41. The molecule has 2 aromatic carbocycles. The smallest absolute Gasteiger partial charge is 0.392 e. The number of aliphatic carboxylic acids is 1. The van der Waals surface area contributed by atoms with Gasteiger partial charge < -0.3 is 24.1 Å². The third-order valence-corrected chi connectivity index (χ3v) is 9.22. The molecule has 0 bridgehead atoms. The molecule has 274 valence electrons. The summed E-state index contributed by atoms with van der Waals surface area (Å²) in [5.74, 6) is -2.01. The van der Waals surface area contributed by atoms with Gasteiger partial charge >= 0.3 is 24.1 Å². The SMILES string of the molecule is CC(C)(C)OC(=O)Cc1ccc(OCc2ccnc(OCCC(F)(F)F)n2)c(CC(Oc2ncnc3sc(-c4ccc(F)cc4)c(Br)c23)C(=O)O)c1. The van der Waals surface area contributed by atoms with Crippen molar-refractivity contribution >= 4 is 49.4 Å². The molecule has 52 heavy (non-hydrogen) atoms. The van der Waals surface area contributed by atoms with Crippen LogP contribution >= 0.6 is 27.3 Å². The van der Waals surface area contributed by atoms with Crippen LogP contribution in [0.5, 0.6) is 17.6 Å². The van der Waals surface area contributed by atoms with Crippen LogP contribution in [0.4, 0.5) is 17.6 Å². The number of esters is 1. The van der Waals surface area contributed by atoms with Gasteiger partial charge in [-0.3, -0.25) is 4.79 Å². The van der Waals surface area contributed by atoms with E-state index in [0.29, 0.717) is 36.3 Å². The summed E-state index contributed by atoms with van der Waals surface area (Å²) >= 11 is 4.84. The first-order chi connectivity index (χ1) is 24.5. The lowest BCUT2D eigenvalue weighted by Gasteiger charge is -2.20. The van der Waals surface area contributed by atoms with Crippen molar-refractivity contribution in [2.24, 2.45) is 0 Å². The Morgan fingerprint density at radius 2 is 1.75 bits per heavy atom. The average molecular weight is 808 g/mol. The van der Waals surface area contributed by atoms with Gasteiger partial charge in [0.2, 0.25) is 12.0 Å². The Labute approximate surface area is 307 Å². The maximum Gasteiger partial charge on any atom is 0.392 e. The summed E-state index contributed by atoms with van der Waals surface area (Å²) in [6.07, 6.45) is -4.91. The third-order valence-electron chi connectivity index (χ3n) is 7.01. The van der Waals surface area contributed by atoms with E-state index < -0.39 is 48.7 Å². The van der Waals surface area contributed by atoms with Crippen molar-refractivity contribution in [3.63, 3.8) is 0 Å². The van der Waals surface area contributed by atoms with Gasteiger partial charge in [0.05, 0.1) is 33.3 Å². The van der Waals surface area contributed by atoms with E-state index >= 15 is 0 Å². The van der Waals surface area contributed by atoms with Crippen LogP contribution in [0.1, 0.15) is 44.0 Å². The number of carbonyl (C=O) groups excluding carboxylic acids is 1. The summed E-state index contributed by atoms with van der Waals surface area (Å²) in [7, 11) is 0. The molecule has 5 rings (SSSR count). The van der Waals surface area contributed by atoms with Crippen molar-refractivity contribution in [3.05, 3.63) is 88.2 Å². The Morgan fingerprint density at radius 1 is 1.00 bits per heavy atom. The van der Waals surface area contributed by atoms with Crippen LogP contribution in [-0.2, 0) is 33.8 Å². The number of benzene rings is 2. The second kappa shape index (κ2) is 16.2. The van der Waals surface area contributed by atoms with E-state index in [1.165, 1.54) is 42.1 Å². The van der Waals surface area contributed by atoms with E-state index in [4.69, 9.17) is 18.9 Å². The first-order valence-electron chi connectivity index (χ1n) is 15.6. The second-order valence-corrected chi connectivity index (χ2v) is 14.1. The number of rotatable bonds is 14. The van der Waals surface area contributed by atoms with Gasteiger partial charge in [-0.15, -0.1) is 11.3 Å². The molecular weight excluding hydrogens is 776 g/mol. The van der Waals surface area contributed by atoms with Crippen molar-refractivity contribution in [1.82, 2.24) is 19.9 Å². The van der Waals surface area contributed by atoms with Gasteiger partial charge in [-0.1, -0.05) is 24.3 Å². The Morgan fingerprint density at radius 3 is 2.44 bits per heavy atom. The van der Waals surface area contributed by atoms with Crippen molar-refractivity contribution in [3.8, 4) is 28.1 Å². The number of carboxylic acids is 1. The van der Waals surface area contributed by atoms with Crippen LogP contribution in [0.2, 0.25) is 0 Å². The average Bonchev–Trinajstić information content (AvgIpc) is 3.40. The maximum atomic E-state index is 13.6. The van der Waals surface area contributed by atoms with Gasteiger partial charge in [0, 0.05) is 12.6 Å². The minimum absolute atomic E-state index is 0.0136. The van der Waals surface area contributed by atoms with E-state index in [1.807, 2.05) is 0 Å². The molecule has 1 unspecified atom stereocenters. The van der Waals surface area contributed by atoms with Gasteiger partial charge in [0.15, 0.2) is 0 Å². The minimum Gasteiger partial charge on any atom is -0.487 e. The first kappa shape index (κ1) is 38.3. The summed E-state index contributed by atoms with van der Waals surface area (Å²) in [6, 6.07) is 11.9. The Kier molecular flexibility index (Phi) is 11.9. The van der Waals surface area contributed by atoms with E-state index in [-0.39, 0.29) is 42.8 Å². The van der Waals surface area contributed by atoms with Crippen molar-refractivity contribution in [1.29, 1.82) is 0 Å². The standard InChI is InChI=1S/C35H31BrF4N4O7S/c1-34(2,3)51-26(45)15-19-4-9-24(49-17-23-10-12-41-33(44-23)48-13-11-35(38,39)40)21(14-19)16-25(32(46)47)50-30-27-28(36)29(52-31(27)43-18-42-30)20-5-7-22(37)8-6-20/h4-10,12,14,18,25H,11,13,15-17H2,1-3H3,(H,46,47). The van der Waals surface area contributed by atoms with Gasteiger partial charge in [-0.05, 0) is 77.7 Å².